The molecule has 3 aromatic rings. The maximum Gasteiger partial charge on any atom is 0.224 e. The molecule has 0 bridgehead atoms. The van der Waals surface area contributed by atoms with Gasteiger partial charge in [-0.15, -0.1) is 0 Å². The van der Waals surface area contributed by atoms with Gasteiger partial charge in [-0.1, -0.05) is 36.4 Å². The summed E-state index contributed by atoms with van der Waals surface area (Å²) in [6.07, 6.45) is -3.06. The Labute approximate surface area is 184 Å². The van der Waals surface area contributed by atoms with Crippen LogP contribution in [-0.4, -0.2) is 58.2 Å². The van der Waals surface area contributed by atoms with Crippen LogP contribution in [0.25, 0.3) is 10.9 Å². The normalized spacial score (nSPS) is 28.5. The number of fused-ring (bicyclic) bond motifs is 1. The van der Waals surface area contributed by atoms with Crippen molar-refractivity contribution in [3.63, 3.8) is 0 Å². The highest BCUT2D eigenvalue weighted by atomic mass is 35.5. The molecular formula is C23H23ClN3O4. The topological polar surface area (TPSA) is 98.6 Å². The van der Waals surface area contributed by atoms with Crippen LogP contribution in [-0.2, 0) is 9.84 Å². The smallest absolute Gasteiger partial charge is 0.224 e. The number of nitrogens with zero attached hydrogens (tertiary/aromatic N) is 3. The summed E-state index contributed by atoms with van der Waals surface area (Å²) >= 11 is 6.25. The van der Waals surface area contributed by atoms with E-state index in [1.165, 1.54) is 5.56 Å². The van der Waals surface area contributed by atoms with E-state index in [9.17, 15) is 15.3 Å². The number of halogens is 1. The number of aromatic nitrogens is 2. The lowest BCUT2D eigenvalue weighted by molar-refractivity contribution is -0.0398. The van der Waals surface area contributed by atoms with Crippen LogP contribution in [0.5, 0.6) is 0 Å². The molecule has 2 saturated heterocycles. The molecule has 8 heteroatoms. The summed E-state index contributed by atoms with van der Waals surface area (Å²) in [7, 11) is 0. The van der Waals surface area contributed by atoms with Crippen molar-refractivity contribution in [3.8, 4) is 0 Å². The maximum absolute atomic E-state index is 11.2. The second-order valence-corrected chi connectivity index (χ2v) is 8.52. The van der Waals surface area contributed by atoms with E-state index in [1.807, 2.05) is 18.2 Å². The fourth-order valence-corrected chi connectivity index (χ4v) is 4.80. The average Bonchev–Trinajstić information content (AvgIpc) is 3.39. The van der Waals surface area contributed by atoms with Crippen molar-refractivity contribution < 1.29 is 20.1 Å². The van der Waals surface area contributed by atoms with E-state index in [2.05, 4.69) is 39.1 Å². The van der Waals surface area contributed by atoms with Crippen molar-refractivity contribution in [2.75, 3.05) is 24.6 Å². The van der Waals surface area contributed by atoms with Crippen LogP contribution in [0.4, 0.5) is 5.82 Å². The van der Waals surface area contributed by atoms with Gasteiger partial charge in [-0.3, -0.25) is 0 Å². The van der Waals surface area contributed by atoms with Crippen molar-refractivity contribution >= 4 is 28.3 Å². The van der Waals surface area contributed by atoms with Gasteiger partial charge in [-0.05, 0) is 41.3 Å². The van der Waals surface area contributed by atoms with E-state index in [-0.39, 0.29) is 5.28 Å². The van der Waals surface area contributed by atoms with Crippen LogP contribution in [0, 0.1) is 0 Å². The summed E-state index contributed by atoms with van der Waals surface area (Å²) in [6, 6.07) is 15.9. The first kappa shape index (κ1) is 20.6. The van der Waals surface area contributed by atoms with Crippen LogP contribution in [0.1, 0.15) is 29.6 Å². The summed E-state index contributed by atoms with van der Waals surface area (Å²) in [5.41, 5.74) is 2.58. The van der Waals surface area contributed by atoms with Crippen LogP contribution in [0.2, 0.25) is 5.28 Å². The third-order valence-electron chi connectivity index (χ3n) is 6.29. The number of ether oxygens (including phenoxy) is 1. The molecule has 2 aliphatic heterocycles. The van der Waals surface area contributed by atoms with Gasteiger partial charge in [0.15, 0.2) is 0 Å². The van der Waals surface area contributed by atoms with E-state index in [0.717, 1.165) is 30.7 Å². The summed E-state index contributed by atoms with van der Waals surface area (Å²) in [6.45, 7) is 1.10. The molecule has 5 atom stereocenters. The van der Waals surface area contributed by atoms with Crippen molar-refractivity contribution in [3.05, 3.63) is 64.9 Å². The van der Waals surface area contributed by atoms with Crippen molar-refractivity contribution in [2.45, 2.75) is 36.8 Å². The molecule has 2 N–H and O–H groups in total. The Morgan fingerprint density at radius 1 is 1.06 bits per heavy atom. The fraction of sp³-hybridized carbons (Fsp3) is 0.391. The minimum atomic E-state index is -1.21. The van der Waals surface area contributed by atoms with Gasteiger partial charge in [0.05, 0.1) is 5.52 Å². The molecule has 1 unspecified atom stereocenters. The van der Waals surface area contributed by atoms with Crippen molar-refractivity contribution in [1.29, 1.82) is 0 Å². The van der Waals surface area contributed by atoms with Crippen LogP contribution in [0.15, 0.2) is 48.5 Å². The molecule has 1 radical (unpaired) electrons. The molecule has 0 aliphatic carbocycles. The SMILES string of the molecule is [O]C[C@H]1O[C@@H](c2ccc3c(N4CCC(c5ccccc5)C4)nc(Cl)nc3c2)[C@H](O)[C@@H]1O. The Morgan fingerprint density at radius 2 is 1.87 bits per heavy atom. The maximum atomic E-state index is 11.2. The highest BCUT2D eigenvalue weighted by Crippen LogP contribution is 2.37. The molecule has 31 heavy (non-hydrogen) atoms. The van der Waals surface area contributed by atoms with Crippen LogP contribution in [0.3, 0.4) is 0 Å². The Kier molecular flexibility index (Phi) is 5.54. The second kappa shape index (κ2) is 8.33. The molecule has 161 valence electrons. The van der Waals surface area contributed by atoms with Crippen molar-refractivity contribution in [1.82, 2.24) is 9.97 Å². The molecule has 2 aromatic carbocycles. The van der Waals surface area contributed by atoms with Gasteiger partial charge in [0.2, 0.25) is 5.28 Å². The van der Waals surface area contributed by atoms with Gasteiger partial charge >= 0.3 is 0 Å². The van der Waals surface area contributed by atoms with E-state index < -0.39 is 31.0 Å². The average molecular weight is 441 g/mol. The van der Waals surface area contributed by atoms with E-state index in [1.54, 1.807) is 6.07 Å². The quantitative estimate of drug-likeness (QED) is 0.605. The molecule has 0 spiro atoms. The number of aliphatic hydroxyl groups excluding tert-OH is 2. The number of rotatable bonds is 4. The van der Waals surface area contributed by atoms with Gasteiger partial charge < -0.3 is 19.8 Å². The summed E-state index contributed by atoms with van der Waals surface area (Å²) in [4.78, 5) is 11.1. The highest BCUT2D eigenvalue weighted by Gasteiger charge is 2.43. The zero-order valence-corrected chi connectivity index (χ0v) is 17.5. The number of benzene rings is 2. The largest absolute Gasteiger partial charge is 0.387 e. The summed E-state index contributed by atoms with van der Waals surface area (Å²) < 4.78 is 5.59. The van der Waals surface area contributed by atoms with E-state index in [4.69, 9.17) is 16.3 Å². The lowest BCUT2D eigenvalue weighted by Crippen LogP contribution is -2.32. The molecule has 3 heterocycles. The number of hydrogen-bond donors (Lipinski definition) is 2. The van der Waals surface area contributed by atoms with Gasteiger partial charge in [0.25, 0.3) is 0 Å². The molecule has 2 fully saturated rings. The lowest BCUT2D eigenvalue weighted by atomic mass is 9.99. The summed E-state index contributed by atoms with van der Waals surface area (Å²) in [5, 5.41) is 32.6. The van der Waals surface area contributed by atoms with E-state index >= 15 is 0 Å². The van der Waals surface area contributed by atoms with Gasteiger partial charge in [-0.25, -0.2) is 10.1 Å². The number of aliphatic hydroxyl groups is 2. The molecule has 0 saturated carbocycles. The molecule has 1 aromatic heterocycles. The zero-order valence-electron chi connectivity index (χ0n) is 16.8. The number of anilines is 1. The standard InChI is InChI=1S/C23H23ClN3O4/c24-23-25-17-10-14(21-20(30)19(29)18(12-28)31-21)6-7-16(17)22(26-23)27-9-8-15(11-27)13-4-2-1-3-5-13/h1-7,10,15,18-21,29-30H,8-9,11-12H2/t15?,18-,19-,20-,21+/m1/s1. The third kappa shape index (κ3) is 3.77. The molecule has 5 rings (SSSR count). The number of hydrogen-bond acceptors (Lipinski definition) is 6. The predicted molar refractivity (Wildman–Crippen MR) is 116 cm³/mol. The van der Waals surface area contributed by atoms with E-state index in [0.29, 0.717) is 17.0 Å². The van der Waals surface area contributed by atoms with Gasteiger partial charge in [0, 0.05) is 24.4 Å². The summed E-state index contributed by atoms with van der Waals surface area (Å²) in [5.74, 6) is 1.21. The monoisotopic (exact) mass is 440 g/mol. The molecular weight excluding hydrogens is 418 g/mol. The first-order chi connectivity index (χ1) is 15.0. The Bertz CT molecular complexity index is 1080. The zero-order chi connectivity index (χ0) is 21.5. The first-order valence-electron chi connectivity index (χ1n) is 10.4. The van der Waals surface area contributed by atoms with Gasteiger partial charge in [0.1, 0.15) is 36.8 Å². The lowest BCUT2D eigenvalue weighted by Gasteiger charge is -2.21. The highest BCUT2D eigenvalue weighted by molar-refractivity contribution is 6.28. The second-order valence-electron chi connectivity index (χ2n) is 8.18. The van der Waals surface area contributed by atoms with Crippen LogP contribution < -0.4 is 4.90 Å². The molecule has 2 aliphatic rings. The Morgan fingerprint density at radius 3 is 2.61 bits per heavy atom. The third-order valence-corrected chi connectivity index (χ3v) is 6.46. The first-order valence-corrected chi connectivity index (χ1v) is 10.8. The Balaban J connectivity index is 1.46. The minimum Gasteiger partial charge on any atom is -0.387 e. The van der Waals surface area contributed by atoms with Crippen LogP contribution >= 0.6 is 11.6 Å². The molecule has 7 nitrogen and oxygen atoms in total. The molecule has 0 amide bonds. The Hall–Kier alpha value is -2.29. The minimum absolute atomic E-state index is 0.146. The van der Waals surface area contributed by atoms with Crippen molar-refractivity contribution in [2.24, 2.45) is 0 Å². The van der Waals surface area contributed by atoms with Gasteiger partial charge in [-0.2, -0.15) is 4.98 Å². The predicted octanol–water partition coefficient (Wildman–Crippen LogP) is 2.87. The fourth-order valence-electron chi connectivity index (χ4n) is 4.63.